The van der Waals surface area contributed by atoms with Gasteiger partial charge in [-0.2, -0.15) is 0 Å². The van der Waals surface area contributed by atoms with E-state index in [0.29, 0.717) is 25.3 Å². The van der Waals surface area contributed by atoms with Gasteiger partial charge in [-0.05, 0) is 52.4 Å². The quantitative estimate of drug-likeness (QED) is 0.731. The number of nitrogens with zero attached hydrogens (tertiary/aromatic N) is 1. The summed E-state index contributed by atoms with van der Waals surface area (Å²) in [6.07, 6.45) is 4.19. The molecule has 1 heterocycles. The molecule has 23 heavy (non-hydrogen) atoms. The summed E-state index contributed by atoms with van der Waals surface area (Å²) in [5.74, 6) is -0.405. The average Bonchev–Trinajstić information content (AvgIpc) is 2.47. The third-order valence-electron chi connectivity index (χ3n) is 4.95. The summed E-state index contributed by atoms with van der Waals surface area (Å²) in [5.41, 5.74) is -0.560. The number of Topliss-reactive ketones (excluding diaryl/α,β-unsaturated/α-hetero) is 2. The van der Waals surface area contributed by atoms with E-state index in [9.17, 15) is 14.4 Å². The van der Waals surface area contributed by atoms with Gasteiger partial charge in [-0.25, -0.2) is 4.79 Å². The second-order valence-electron chi connectivity index (χ2n) is 7.83. The van der Waals surface area contributed by atoms with Crippen LogP contribution in [0.3, 0.4) is 0 Å². The summed E-state index contributed by atoms with van der Waals surface area (Å²) in [4.78, 5) is 38.4. The monoisotopic (exact) mass is 323 g/mol. The molecule has 3 unspecified atom stereocenters. The molecule has 1 aliphatic carbocycles. The number of hydrogen-bond acceptors (Lipinski definition) is 4. The van der Waals surface area contributed by atoms with Crippen LogP contribution in [0.5, 0.6) is 0 Å². The molecule has 0 N–H and O–H groups in total. The molecule has 0 aromatic rings. The lowest BCUT2D eigenvalue weighted by Gasteiger charge is -2.43. The fourth-order valence-electron chi connectivity index (χ4n) is 3.68. The third-order valence-corrected chi connectivity index (χ3v) is 4.95. The molecule has 5 nitrogen and oxygen atoms in total. The van der Waals surface area contributed by atoms with Gasteiger partial charge in [0.2, 0.25) is 5.78 Å². The van der Waals surface area contributed by atoms with Gasteiger partial charge in [-0.1, -0.05) is 13.3 Å². The molecule has 0 bridgehead atoms. The number of carbonyl (C=O) groups excluding carboxylic acids is 3. The maximum Gasteiger partial charge on any atom is 0.410 e. The number of piperidine rings is 1. The van der Waals surface area contributed by atoms with Gasteiger partial charge in [0.1, 0.15) is 5.60 Å². The smallest absolute Gasteiger partial charge is 0.410 e. The largest absolute Gasteiger partial charge is 0.444 e. The van der Waals surface area contributed by atoms with Gasteiger partial charge >= 0.3 is 6.09 Å². The van der Waals surface area contributed by atoms with Crippen molar-refractivity contribution >= 4 is 17.7 Å². The van der Waals surface area contributed by atoms with Crippen LogP contribution in [-0.2, 0) is 14.3 Å². The van der Waals surface area contributed by atoms with Crippen molar-refractivity contribution in [3.05, 3.63) is 0 Å². The molecule has 2 aliphatic rings. The van der Waals surface area contributed by atoms with Gasteiger partial charge in [0.25, 0.3) is 0 Å². The summed E-state index contributed by atoms with van der Waals surface area (Å²) >= 11 is 0. The van der Waals surface area contributed by atoms with E-state index >= 15 is 0 Å². The summed E-state index contributed by atoms with van der Waals surface area (Å²) in [6.45, 7) is 8.27. The highest BCUT2D eigenvalue weighted by atomic mass is 16.6. The minimum Gasteiger partial charge on any atom is -0.444 e. The fraction of sp³-hybridized carbons (Fsp3) is 0.833. The van der Waals surface area contributed by atoms with Crippen LogP contribution in [0.15, 0.2) is 0 Å². The molecule has 1 amide bonds. The molecule has 130 valence electrons. The number of ketones is 2. The Hall–Kier alpha value is -1.39. The average molecular weight is 323 g/mol. The molecule has 1 aliphatic heterocycles. The molecular formula is C18H29NO4. The van der Waals surface area contributed by atoms with Crippen LogP contribution in [0.4, 0.5) is 4.79 Å². The highest BCUT2D eigenvalue weighted by Gasteiger charge is 2.43. The number of rotatable bonds is 2. The normalized spacial score (nSPS) is 29.6. The van der Waals surface area contributed by atoms with E-state index in [0.717, 1.165) is 25.7 Å². The van der Waals surface area contributed by atoms with Crippen LogP contribution < -0.4 is 0 Å². The molecule has 5 heteroatoms. The van der Waals surface area contributed by atoms with Crippen LogP contribution in [0.25, 0.3) is 0 Å². The molecule has 0 radical (unpaired) electrons. The lowest BCUT2D eigenvalue weighted by molar-refractivity contribution is -0.143. The Balaban J connectivity index is 2.19. The van der Waals surface area contributed by atoms with Crippen LogP contribution in [0.2, 0.25) is 0 Å². The Morgan fingerprint density at radius 1 is 1.26 bits per heavy atom. The van der Waals surface area contributed by atoms with Crippen molar-refractivity contribution in [2.75, 3.05) is 6.54 Å². The molecule has 2 fully saturated rings. The van der Waals surface area contributed by atoms with Crippen molar-refractivity contribution in [3.8, 4) is 0 Å². The van der Waals surface area contributed by atoms with E-state index in [1.165, 1.54) is 0 Å². The van der Waals surface area contributed by atoms with Crippen LogP contribution in [0.1, 0.15) is 66.2 Å². The first-order valence-corrected chi connectivity index (χ1v) is 8.79. The zero-order chi connectivity index (χ0) is 17.2. The molecule has 1 saturated carbocycles. The zero-order valence-electron chi connectivity index (χ0n) is 14.8. The van der Waals surface area contributed by atoms with E-state index in [1.807, 2.05) is 20.8 Å². The summed E-state index contributed by atoms with van der Waals surface area (Å²) in [7, 11) is 0. The number of hydrogen-bond donors (Lipinski definition) is 0. The third kappa shape index (κ3) is 4.33. The summed E-state index contributed by atoms with van der Waals surface area (Å²) in [6, 6.07) is -0.194. The highest BCUT2D eigenvalue weighted by molar-refractivity contribution is 6.38. The molecule has 0 aromatic heterocycles. The minimum absolute atomic E-state index is 0.194. The van der Waals surface area contributed by atoms with Gasteiger partial charge < -0.3 is 9.64 Å². The predicted molar refractivity (Wildman–Crippen MR) is 87.1 cm³/mol. The number of carbonyl (C=O) groups is 3. The molecule has 2 rings (SSSR count). The lowest BCUT2D eigenvalue weighted by atomic mass is 9.75. The van der Waals surface area contributed by atoms with E-state index in [1.54, 1.807) is 4.90 Å². The van der Waals surface area contributed by atoms with Crippen molar-refractivity contribution in [3.63, 3.8) is 0 Å². The van der Waals surface area contributed by atoms with Crippen molar-refractivity contribution in [2.45, 2.75) is 77.9 Å². The fourth-order valence-corrected chi connectivity index (χ4v) is 3.68. The molecule has 1 saturated heterocycles. The lowest BCUT2D eigenvalue weighted by Crippen LogP contribution is -2.54. The number of ether oxygens (including phenoxy) is 1. The second kappa shape index (κ2) is 7.02. The first-order chi connectivity index (χ1) is 10.7. The molecular weight excluding hydrogens is 294 g/mol. The topological polar surface area (TPSA) is 63.7 Å². The van der Waals surface area contributed by atoms with E-state index in [2.05, 4.69) is 6.92 Å². The zero-order valence-corrected chi connectivity index (χ0v) is 14.8. The summed E-state index contributed by atoms with van der Waals surface area (Å²) < 4.78 is 5.52. The van der Waals surface area contributed by atoms with Gasteiger partial charge in [-0.15, -0.1) is 0 Å². The van der Waals surface area contributed by atoms with E-state index < -0.39 is 5.60 Å². The van der Waals surface area contributed by atoms with Gasteiger partial charge in [0.05, 0.1) is 0 Å². The summed E-state index contributed by atoms with van der Waals surface area (Å²) in [5, 5.41) is 0. The van der Waals surface area contributed by atoms with E-state index in [4.69, 9.17) is 4.74 Å². The van der Waals surface area contributed by atoms with Gasteiger partial charge in [0, 0.05) is 24.9 Å². The van der Waals surface area contributed by atoms with Crippen LogP contribution in [-0.4, -0.2) is 40.7 Å². The van der Waals surface area contributed by atoms with Crippen molar-refractivity contribution < 1.29 is 19.1 Å². The second-order valence-corrected chi connectivity index (χ2v) is 7.83. The minimum atomic E-state index is -0.560. The Bertz CT molecular complexity index is 480. The highest BCUT2D eigenvalue weighted by Crippen LogP contribution is 2.35. The Labute approximate surface area is 138 Å². The Kier molecular flexibility index (Phi) is 5.48. The first kappa shape index (κ1) is 18.0. The van der Waals surface area contributed by atoms with Crippen molar-refractivity contribution in [2.24, 2.45) is 11.8 Å². The predicted octanol–water partition coefficient (Wildman–Crippen LogP) is 3.35. The number of amides is 1. The molecule has 0 aromatic carbocycles. The van der Waals surface area contributed by atoms with Gasteiger partial charge in [-0.3, -0.25) is 9.59 Å². The molecule has 0 spiro atoms. The van der Waals surface area contributed by atoms with Gasteiger partial charge in [0.15, 0.2) is 5.78 Å². The Morgan fingerprint density at radius 3 is 2.57 bits per heavy atom. The molecule has 3 atom stereocenters. The SMILES string of the molecule is CCC1CCN(C(=O)OC(C)(C)C)C(C2CCCC(=O)C2=O)C1. The Morgan fingerprint density at radius 2 is 1.96 bits per heavy atom. The maximum absolute atomic E-state index is 12.6. The van der Waals surface area contributed by atoms with E-state index in [-0.39, 0.29) is 29.6 Å². The maximum atomic E-state index is 12.6. The first-order valence-electron chi connectivity index (χ1n) is 8.79. The van der Waals surface area contributed by atoms with Crippen LogP contribution in [0, 0.1) is 11.8 Å². The van der Waals surface area contributed by atoms with Crippen molar-refractivity contribution in [1.82, 2.24) is 4.90 Å². The van der Waals surface area contributed by atoms with Crippen molar-refractivity contribution in [1.29, 1.82) is 0 Å². The number of likely N-dealkylation sites (tertiary alicyclic amines) is 1. The standard InChI is InChI=1S/C18H29NO4/c1-5-12-9-10-19(17(22)23-18(2,3)4)14(11-12)13-7-6-8-15(20)16(13)21/h12-14H,5-11H2,1-4H3. The van der Waals surface area contributed by atoms with Crippen LogP contribution >= 0.6 is 0 Å².